The van der Waals surface area contributed by atoms with Crippen molar-refractivity contribution < 1.29 is 33.1 Å². The number of hydrogen-bond acceptors (Lipinski definition) is 9. The molecule has 2 aliphatic rings. The summed E-state index contributed by atoms with van der Waals surface area (Å²) >= 11 is 0. The predicted molar refractivity (Wildman–Crippen MR) is 212 cm³/mol. The second-order valence-electron chi connectivity index (χ2n) is 14.9. The Morgan fingerprint density at radius 2 is 1.71 bits per heavy atom. The van der Waals surface area contributed by atoms with Crippen LogP contribution in [0, 0.1) is 11.8 Å². The minimum atomic E-state index is -4.10. The first-order chi connectivity index (χ1) is 27.0. The van der Waals surface area contributed by atoms with Crippen LogP contribution in [0.15, 0.2) is 101 Å². The number of amides is 4. The summed E-state index contributed by atoms with van der Waals surface area (Å²) in [7, 11) is -4.10. The molecule has 0 bridgehead atoms. The molecule has 1 saturated heterocycles. The van der Waals surface area contributed by atoms with Gasteiger partial charge < -0.3 is 20.5 Å². The third kappa shape index (κ3) is 9.26. The Kier molecular flexibility index (Phi) is 13.1. The van der Waals surface area contributed by atoms with Gasteiger partial charge in [-0.15, -0.1) is 0 Å². The van der Waals surface area contributed by atoms with E-state index >= 15 is 0 Å². The second-order valence-corrected chi connectivity index (χ2v) is 16.8. The topological polar surface area (TPSA) is 173 Å². The maximum Gasteiger partial charge on any atom is 0.328 e. The van der Waals surface area contributed by atoms with Crippen molar-refractivity contribution in [3.05, 3.63) is 108 Å². The molecule has 1 aliphatic heterocycles. The van der Waals surface area contributed by atoms with Crippen LogP contribution in [0.3, 0.4) is 0 Å². The lowest BCUT2D eigenvalue weighted by Crippen LogP contribution is -2.57. The van der Waals surface area contributed by atoms with Crippen LogP contribution in [0.2, 0.25) is 0 Å². The number of carbonyl (C=O) groups excluding carboxylic acids is 3. The van der Waals surface area contributed by atoms with Crippen molar-refractivity contribution in [3.63, 3.8) is 0 Å². The first kappa shape index (κ1) is 40.5. The molecular formula is C42H50N6O7S. The van der Waals surface area contributed by atoms with Gasteiger partial charge in [0.1, 0.15) is 12.6 Å². The van der Waals surface area contributed by atoms with Gasteiger partial charge in [-0.2, -0.15) is 4.31 Å². The smallest absolute Gasteiger partial charge is 0.328 e. The Morgan fingerprint density at radius 1 is 1.02 bits per heavy atom. The van der Waals surface area contributed by atoms with E-state index in [4.69, 9.17) is 5.21 Å². The molecule has 3 aromatic carbocycles. The van der Waals surface area contributed by atoms with Gasteiger partial charge in [0, 0.05) is 24.7 Å². The maximum atomic E-state index is 14.5. The number of aliphatic hydroxyl groups is 1. The van der Waals surface area contributed by atoms with E-state index in [0.717, 1.165) is 52.6 Å². The van der Waals surface area contributed by atoms with Gasteiger partial charge in [0.15, 0.2) is 0 Å². The van der Waals surface area contributed by atoms with Gasteiger partial charge in [0.2, 0.25) is 15.9 Å². The van der Waals surface area contributed by atoms with Gasteiger partial charge in [0.05, 0.1) is 35.3 Å². The van der Waals surface area contributed by atoms with E-state index in [9.17, 15) is 27.9 Å². The normalized spacial score (nSPS) is 17.6. The molecule has 0 spiro atoms. The van der Waals surface area contributed by atoms with Crippen LogP contribution < -0.4 is 5.32 Å². The average Bonchev–Trinajstić information content (AvgIpc) is 3.82. The van der Waals surface area contributed by atoms with Crippen molar-refractivity contribution in [3.8, 4) is 0 Å². The zero-order valence-corrected chi connectivity index (χ0v) is 32.6. The fraction of sp³-hybridized carbons (Fsp3) is 0.405. The van der Waals surface area contributed by atoms with Gasteiger partial charge in [-0.25, -0.2) is 13.2 Å². The number of para-hydroxylation sites is 1. The standard InChI is InChI=1S/C42H50N6O7S/c1-3-29(2)40(48-28-39(50)47(42(48)52)26-33-21-22-43-36-16-10-9-15-35(33)36)41(51)45-37(23-30-11-5-4-6-12-30)38(49)27-46(25-32-13-7-8-14-32)56(54,55)34-19-17-31(18-20-34)24-44-53/h4-6,9-12,15-22,24,29,32,37-38,40,49,53H,3,7-8,13-14,23,25-28H2,1-2H3,(H,45,51)/b44-24+/t29-,37-,38+,40-/m0/s1. The molecule has 13 nitrogen and oxygen atoms in total. The Morgan fingerprint density at radius 3 is 2.41 bits per heavy atom. The Hall–Kier alpha value is -5.18. The van der Waals surface area contributed by atoms with Gasteiger partial charge in [0.25, 0.3) is 5.91 Å². The number of sulfonamides is 1. The summed E-state index contributed by atoms with van der Waals surface area (Å²) in [6, 6.07) is 21.9. The molecule has 0 unspecified atom stereocenters. The zero-order valence-electron chi connectivity index (χ0n) is 31.8. The average molecular weight is 783 g/mol. The Labute approximate surface area is 328 Å². The number of nitrogens with zero attached hydrogens (tertiary/aromatic N) is 5. The van der Waals surface area contributed by atoms with Gasteiger partial charge in [-0.1, -0.05) is 98.9 Å². The quantitative estimate of drug-likeness (QED) is 0.0568. The van der Waals surface area contributed by atoms with Crippen LogP contribution in [0.25, 0.3) is 10.9 Å². The van der Waals surface area contributed by atoms with E-state index < -0.39 is 46.1 Å². The van der Waals surface area contributed by atoms with Gasteiger partial charge in [-0.05, 0) is 72.1 Å². The van der Waals surface area contributed by atoms with E-state index in [2.05, 4.69) is 15.5 Å². The minimum Gasteiger partial charge on any atom is -0.411 e. The van der Waals surface area contributed by atoms with Crippen LogP contribution in [0.4, 0.5) is 4.79 Å². The monoisotopic (exact) mass is 782 g/mol. The molecule has 14 heteroatoms. The molecule has 296 valence electrons. The lowest BCUT2D eigenvalue weighted by Gasteiger charge is -2.34. The van der Waals surface area contributed by atoms with Crippen LogP contribution in [0.1, 0.15) is 62.6 Å². The van der Waals surface area contributed by atoms with Gasteiger partial charge in [-0.3, -0.25) is 19.5 Å². The molecule has 6 rings (SSSR count). The number of oxime groups is 1. The number of pyridine rings is 1. The molecule has 2 fully saturated rings. The Bertz CT molecular complexity index is 2120. The highest BCUT2D eigenvalue weighted by Gasteiger charge is 2.45. The molecule has 3 N–H and O–H groups in total. The number of hydrogen-bond donors (Lipinski definition) is 3. The molecule has 2 heterocycles. The predicted octanol–water partition coefficient (Wildman–Crippen LogP) is 5.19. The third-order valence-electron chi connectivity index (χ3n) is 11.1. The number of aliphatic hydroxyl groups excluding tert-OH is 1. The van der Waals surface area contributed by atoms with Crippen molar-refractivity contribution in [2.24, 2.45) is 17.0 Å². The molecule has 4 atom stereocenters. The van der Waals surface area contributed by atoms with Crippen molar-refractivity contribution >= 4 is 45.0 Å². The summed E-state index contributed by atoms with van der Waals surface area (Å²) in [5.41, 5.74) is 2.82. The number of fused-ring (bicyclic) bond motifs is 1. The zero-order chi connectivity index (χ0) is 39.8. The molecular weight excluding hydrogens is 733 g/mol. The highest BCUT2D eigenvalue weighted by Crippen LogP contribution is 2.29. The molecule has 0 radical (unpaired) electrons. The van der Waals surface area contributed by atoms with Gasteiger partial charge >= 0.3 is 6.03 Å². The summed E-state index contributed by atoms with van der Waals surface area (Å²) in [5, 5.41) is 27.8. The molecule has 1 aliphatic carbocycles. The lowest BCUT2D eigenvalue weighted by atomic mass is 9.95. The fourth-order valence-electron chi connectivity index (χ4n) is 7.78. The number of rotatable bonds is 17. The van der Waals surface area contributed by atoms with Crippen LogP contribution in [-0.2, 0) is 32.6 Å². The Balaban J connectivity index is 1.26. The van der Waals surface area contributed by atoms with E-state index in [0.29, 0.717) is 12.0 Å². The summed E-state index contributed by atoms with van der Waals surface area (Å²) in [5.74, 6) is -1.21. The lowest BCUT2D eigenvalue weighted by molar-refractivity contribution is -0.129. The summed E-state index contributed by atoms with van der Waals surface area (Å²) in [6.07, 6.45) is 5.92. The second kappa shape index (κ2) is 18.2. The van der Waals surface area contributed by atoms with E-state index in [1.807, 2.05) is 68.4 Å². The van der Waals surface area contributed by atoms with Crippen LogP contribution in [-0.4, -0.2) is 99.7 Å². The number of carbonyl (C=O) groups is 3. The molecule has 1 saturated carbocycles. The van der Waals surface area contributed by atoms with E-state index in [-0.39, 0.29) is 49.3 Å². The minimum absolute atomic E-state index is 0.0183. The van der Waals surface area contributed by atoms with E-state index in [1.54, 1.807) is 12.3 Å². The highest BCUT2D eigenvalue weighted by molar-refractivity contribution is 7.89. The number of nitrogens with one attached hydrogen (secondary N) is 1. The molecule has 4 aromatic rings. The van der Waals surface area contributed by atoms with Crippen molar-refractivity contribution in [2.45, 2.75) is 82.0 Å². The SMILES string of the molecule is CC[C@H](C)[C@@H](C(=O)N[C@@H](Cc1ccccc1)[C@H](O)CN(CC1CCCC1)S(=O)(=O)c1ccc(/C=N/O)cc1)N1CC(=O)N(Cc2ccnc3ccccc23)C1=O. The highest BCUT2D eigenvalue weighted by atomic mass is 32.2. The number of urea groups is 1. The van der Waals surface area contributed by atoms with Crippen molar-refractivity contribution in [2.75, 3.05) is 19.6 Å². The first-order valence-corrected chi connectivity index (χ1v) is 20.7. The molecule has 1 aromatic heterocycles. The molecule has 56 heavy (non-hydrogen) atoms. The molecule has 4 amide bonds. The van der Waals surface area contributed by atoms with Crippen molar-refractivity contribution in [1.82, 2.24) is 24.4 Å². The third-order valence-corrected chi connectivity index (χ3v) is 12.9. The van der Waals surface area contributed by atoms with E-state index in [1.165, 1.54) is 39.7 Å². The van der Waals surface area contributed by atoms with Crippen molar-refractivity contribution in [1.29, 1.82) is 0 Å². The van der Waals surface area contributed by atoms with Crippen LogP contribution >= 0.6 is 0 Å². The number of benzene rings is 3. The fourth-order valence-corrected chi connectivity index (χ4v) is 9.31. The number of aromatic nitrogens is 1. The summed E-state index contributed by atoms with van der Waals surface area (Å²) in [6.45, 7) is 3.39. The largest absolute Gasteiger partial charge is 0.411 e. The maximum absolute atomic E-state index is 14.5. The number of imide groups is 1. The summed E-state index contributed by atoms with van der Waals surface area (Å²) in [4.78, 5) is 48.9. The first-order valence-electron chi connectivity index (χ1n) is 19.2. The van der Waals surface area contributed by atoms with Crippen LogP contribution in [0.5, 0.6) is 0 Å². The summed E-state index contributed by atoms with van der Waals surface area (Å²) < 4.78 is 29.7.